The van der Waals surface area contributed by atoms with Crippen LogP contribution in [0.15, 0.2) is 53.6 Å². The van der Waals surface area contributed by atoms with Gasteiger partial charge in [0.1, 0.15) is 9.71 Å². The smallest absolute Gasteiger partial charge is 0.264 e. The zero-order chi connectivity index (χ0) is 22.9. The van der Waals surface area contributed by atoms with Gasteiger partial charge in [0, 0.05) is 28.5 Å². The number of hydrogen-bond donors (Lipinski definition) is 2. The molecule has 10 heteroatoms. The number of nitrogen functional groups attached to an aromatic ring is 1. The maximum Gasteiger partial charge on any atom is 0.264 e. The van der Waals surface area contributed by atoms with Gasteiger partial charge in [-0.15, -0.1) is 11.3 Å². The second kappa shape index (κ2) is 8.64. The van der Waals surface area contributed by atoms with Crippen molar-refractivity contribution in [2.24, 2.45) is 0 Å². The van der Waals surface area contributed by atoms with Crippen molar-refractivity contribution in [2.45, 2.75) is 31.6 Å². The summed E-state index contributed by atoms with van der Waals surface area (Å²) >= 11 is 1.25. The van der Waals surface area contributed by atoms with Crippen molar-refractivity contribution in [3.8, 4) is 0 Å². The third kappa shape index (κ3) is 4.32. The Labute approximate surface area is 189 Å². The molecule has 3 heterocycles. The molecule has 0 aliphatic carbocycles. The number of thiophene rings is 1. The highest BCUT2D eigenvalue weighted by atomic mass is 32.2. The number of aromatic nitrogens is 3. The number of benzene rings is 1. The zero-order valence-electron chi connectivity index (χ0n) is 17.5. The fraction of sp³-hybridized carbons (Fsp3) is 0.182. The molecule has 0 spiro atoms. The predicted octanol–water partition coefficient (Wildman–Crippen LogP) is 3.96. The van der Waals surface area contributed by atoms with Crippen LogP contribution in [0.5, 0.6) is 0 Å². The number of nitrogens with one attached hydrogen (secondary N) is 1. The van der Waals surface area contributed by atoms with Crippen LogP contribution in [0.3, 0.4) is 0 Å². The molecule has 0 aliphatic rings. The minimum absolute atomic E-state index is 0.00524. The first-order chi connectivity index (χ1) is 15.3. The molecule has 3 N–H and O–H groups in total. The number of pyridine rings is 1. The first-order valence-corrected chi connectivity index (χ1v) is 12.2. The second-order valence-electron chi connectivity index (χ2n) is 7.23. The number of hydrogen-bond acceptors (Lipinski definition) is 8. The van der Waals surface area contributed by atoms with Crippen molar-refractivity contribution in [1.29, 1.82) is 0 Å². The van der Waals surface area contributed by atoms with Gasteiger partial charge in [0.05, 0.1) is 10.6 Å². The number of rotatable bonds is 7. The van der Waals surface area contributed by atoms with Gasteiger partial charge in [-0.25, -0.2) is 28.1 Å². The Bertz CT molecular complexity index is 1410. The van der Waals surface area contributed by atoms with E-state index >= 15 is 0 Å². The minimum Gasteiger partial charge on any atom is -0.397 e. The molecule has 4 rings (SSSR count). The number of carbonyl (C=O) groups is 1. The van der Waals surface area contributed by atoms with Gasteiger partial charge < -0.3 is 5.73 Å². The van der Waals surface area contributed by atoms with Crippen LogP contribution >= 0.6 is 11.3 Å². The lowest BCUT2D eigenvalue weighted by atomic mass is 10.1. The summed E-state index contributed by atoms with van der Waals surface area (Å²) in [6.07, 6.45) is 3.30. The molecule has 0 fully saturated rings. The summed E-state index contributed by atoms with van der Waals surface area (Å²) in [5.74, 6) is -0.292. The standard InChI is InChI=1S/C22H21N5O3S2/c1-3-4-15-7-10-17-18(23)20(31-21(17)26-15)19(28)14-5-8-16(9-6-14)32(29,30)27-22-24-12-11-13(2)25-22/h5-12H,3-4,23H2,1-2H3,(H,24,25,27). The van der Waals surface area contributed by atoms with E-state index in [1.165, 1.54) is 41.8 Å². The summed E-state index contributed by atoms with van der Waals surface area (Å²) in [4.78, 5) is 26.7. The van der Waals surface area contributed by atoms with E-state index in [-0.39, 0.29) is 16.6 Å². The SMILES string of the molecule is CCCc1ccc2c(N)c(C(=O)c3ccc(S(=O)(=O)Nc4nccc(C)n4)cc3)sc2n1. The number of sulfonamides is 1. The van der Waals surface area contributed by atoms with Crippen molar-refractivity contribution < 1.29 is 13.2 Å². The Kier molecular flexibility index (Phi) is 5.90. The maximum atomic E-state index is 13.1. The van der Waals surface area contributed by atoms with Crippen LogP contribution in [0.1, 0.15) is 40.0 Å². The van der Waals surface area contributed by atoms with Crippen molar-refractivity contribution in [2.75, 3.05) is 10.5 Å². The minimum atomic E-state index is -3.89. The lowest BCUT2D eigenvalue weighted by Gasteiger charge is -2.07. The first-order valence-electron chi connectivity index (χ1n) is 9.93. The summed E-state index contributed by atoms with van der Waals surface area (Å²) in [6.45, 7) is 3.82. The van der Waals surface area contributed by atoms with Crippen LogP contribution in [0.4, 0.5) is 11.6 Å². The molecule has 0 saturated carbocycles. The molecule has 0 unspecified atom stereocenters. The first kappa shape index (κ1) is 21.8. The van der Waals surface area contributed by atoms with Crippen LogP contribution in [-0.2, 0) is 16.4 Å². The number of aryl methyl sites for hydroxylation is 2. The summed E-state index contributed by atoms with van der Waals surface area (Å²) in [5, 5.41) is 0.750. The van der Waals surface area contributed by atoms with E-state index in [1.807, 2.05) is 12.1 Å². The molecular formula is C22H21N5O3S2. The van der Waals surface area contributed by atoms with E-state index in [0.29, 0.717) is 21.8 Å². The van der Waals surface area contributed by atoms with Gasteiger partial charge in [0.25, 0.3) is 10.0 Å². The Morgan fingerprint density at radius 3 is 2.53 bits per heavy atom. The molecule has 0 saturated heterocycles. The molecular weight excluding hydrogens is 446 g/mol. The van der Waals surface area contributed by atoms with Crippen molar-refractivity contribution >= 4 is 49.0 Å². The van der Waals surface area contributed by atoms with Gasteiger partial charge in [0.15, 0.2) is 0 Å². The van der Waals surface area contributed by atoms with E-state index in [2.05, 4.69) is 26.6 Å². The van der Waals surface area contributed by atoms with Gasteiger partial charge in [-0.2, -0.15) is 0 Å². The number of anilines is 2. The highest BCUT2D eigenvalue weighted by Gasteiger charge is 2.21. The summed E-state index contributed by atoms with van der Waals surface area (Å²) in [5.41, 5.74) is 8.55. The molecule has 164 valence electrons. The molecule has 0 radical (unpaired) electrons. The monoisotopic (exact) mass is 467 g/mol. The average molecular weight is 468 g/mol. The largest absolute Gasteiger partial charge is 0.397 e. The molecule has 8 nitrogen and oxygen atoms in total. The molecule has 0 amide bonds. The number of carbonyl (C=O) groups excluding carboxylic acids is 1. The predicted molar refractivity (Wildman–Crippen MR) is 125 cm³/mol. The third-order valence-electron chi connectivity index (χ3n) is 4.81. The number of ketones is 1. The van der Waals surface area contributed by atoms with Crippen molar-refractivity contribution in [3.63, 3.8) is 0 Å². The normalized spacial score (nSPS) is 11.6. The van der Waals surface area contributed by atoms with Crippen LogP contribution in [0, 0.1) is 6.92 Å². The molecule has 32 heavy (non-hydrogen) atoms. The van der Waals surface area contributed by atoms with E-state index < -0.39 is 10.0 Å². The molecule has 0 atom stereocenters. The summed E-state index contributed by atoms with van der Waals surface area (Å²) in [7, 11) is -3.89. The summed E-state index contributed by atoms with van der Waals surface area (Å²) in [6, 6.07) is 11.1. The Hall–Kier alpha value is -3.37. The highest BCUT2D eigenvalue weighted by Crippen LogP contribution is 2.34. The molecule has 3 aromatic heterocycles. The second-order valence-corrected chi connectivity index (χ2v) is 9.91. The van der Waals surface area contributed by atoms with E-state index in [9.17, 15) is 13.2 Å². The molecule has 0 aliphatic heterocycles. The molecule has 1 aromatic carbocycles. The summed E-state index contributed by atoms with van der Waals surface area (Å²) < 4.78 is 27.6. The van der Waals surface area contributed by atoms with Gasteiger partial charge in [-0.1, -0.05) is 13.3 Å². The third-order valence-corrected chi connectivity index (χ3v) is 7.27. The Morgan fingerprint density at radius 2 is 1.84 bits per heavy atom. The highest BCUT2D eigenvalue weighted by molar-refractivity contribution is 7.92. The van der Waals surface area contributed by atoms with Crippen LogP contribution in [0.2, 0.25) is 0 Å². The molecule has 0 bridgehead atoms. The fourth-order valence-electron chi connectivity index (χ4n) is 3.19. The Morgan fingerprint density at radius 1 is 1.09 bits per heavy atom. The van der Waals surface area contributed by atoms with Gasteiger partial charge >= 0.3 is 0 Å². The van der Waals surface area contributed by atoms with Crippen LogP contribution in [0.25, 0.3) is 10.2 Å². The maximum absolute atomic E-state index is 13.1. The van der Waals surface area contributed by atoms with Gasteiger partial charge in [0.2, 0.25) is 11.7 Å². The fourth-order valence-corrected chi connectivity index (χ4v) is 5.22. The van der Waals surface area contributed by atoms with Crippen LogP contribution in [-0.4, -0.2) is 29.2 Å². The number of nitrogens with two attached hydrogens (primary N) is 1. The van der Waals surface area contributed by atoms with Crippen molar-refractivity contribution in [1.82, 2.24) is 15.0 Å². The van der Waals surface area contributed by atoms with Gasteiger partial charge in [-0.05, 0) is 55.8 Å². The quantitative estimate of drug-likeness (QED) is 0.394. The topological polar surface area (TPSA) is 128 Å². The Balaban J connectivity index is 1.60. The van der Waals surface area contributed by atoms with Crippen LogP contribution < -0.4 is 10.5 Å². The lowest BCUT2D eigenvalue weighted by Crippen LogP contribution is -2.15. The number of fused-ring (bicyclic) bond motifs is 1. The van der Waals surface area contributed by atoms with Gasteiger partial charge in [-0.3, -0.25) is 4.79 Å². The van der Waals surface area contributed by atoms with E-state index in [0.717, 1.165) is 28.8 Å². The number of nitrogens with zero attached hydrogens (tertiary/aromatic N) is 3. The van der Waals surface area contributed by atoms with E-state index in [4.69, 9.17) is 5.73 Å². The van der Waals surface area contributed by atoms with Crippen molar-refractivity contribution in [3.05, 3.63) is 70.5 Å². The molecule has 4 aromatic rings. The lowest BCUT2D eigenvalue weighted by molar-refractivity contribution is 0.104. The average Bonchev–Trinajstić information content (AvgIpc) is 3.09. The zero-order valence-corrected chi connectivity index (χ0v) is 19.1. The van der Waals surface area contributed by atoms with E-state index in [1.54, 1.807) is 13.0 Å².